The number of benzene rings is 1. The van der Waals surface area contributed by atoms with Gasteiger partial charge in [-0.15, -0.1) is 0 Å². The summed E-state index contributed by atoms with van der Waals surface area (Å²) in [5.74, 6) is 0.242. The van der Waals surface area contributed by atoms with Crippen LogP contribution >= 0.6 is 34.2 Å². The van der Waals surface area contributed by atoms with Gasteiger partial charge in [0.25, 0.3) is 0 Å². The third kappa shape index (κ3) is 5.09. The molecular formula is C15H20ClIN2O2. The number of carbonyl (C=O) groups is 1. The van der Waals surface area contributed by atoms with Crippen LogP contribution < -0.4 is 10.6 Å². The summed E-state index contributed by atoms with van der Waals surface area (Å²) in [5, 5.41) is 7.02. The molecule has 2 atom stereocenters. The van der Waals surface area contributed by atoms with Crippen molar-refractivity contribution in [1.82, 2.24) is 10.6 Å². The van der Waals surface area contributed by atoms with Crippen LogP contribution in [0.3, 0.4) is 0 Å². The molecule has 1 aliphatic heterocycles. The first-order chi connectivity index (χ1) is 10.1. The van der Waals surface area contributed by atoms with Gasteiger partial charge in [0.1, 0.15) is 0 Å². The quantitative estimate of drug-likeness (QED) is 0.733. The van der Waals surface area contributed by atoms with E-state index in [2.05, 4.69) is 39.3 Å². The maximum absolute atomic E-state index is 11.0. The van der Waals surface area contributed by atoms with Gasteiger partial charge < -0.3 is 15.4 Å². The van der Waals surface area contributed by atoms with E-state index < -0.39 is 0 Å². The van der Waals surface area contributed by atoms with Crippen LogP contribution in [0, 0.1) is 3.57 Å². The van der Waals surface area contributed by atoms with E-state index >= 15 is 0 Å². The number of halogens is 2. The zero-order chi connectivity index (χ0) is 15.2. The first-order valence-electron chi connectivity index (χ1n) is 7.09. The number of rotatable bonds is 4. The summed E-state index contributed by atoms with van der Waals surface area (Å²) in [6.45, 7) is 4.58. The lowest BCUT2D eigenvalue weighted by Crippen LogP contribution is -2.31. The second-order valence-corrected chi connectivity index (χ2v) is 6.73. The van der Waals surface area contributed by atoms with Crippen LogP contribution in [-0.4, -0.2) is 38.3 Å². The van der Waals surface area contributed by atoms with Crippen LogP contribution in [-0.2, 0) is 9.53 Å². The van der Waals surface area contributed by atoms with Crippen LogP contribution in [0.5, 0.6) is 0 Å². The molecule has 1 aromatic carbocycles. The van der Waals surface area contributed by atoms with Crippen molar-refractivity contribution in [3.05, 3.63) is 32.4 Å². The van der Waals surface area contributed by atoms with Crippen LogP contribution in [0.2, 0.25) is 5.02 Å². The Labute approximate surface area is 144 Å². The summed E-state index contributed by atoms with van der Waals surface area (Å²) in [7, 11) is 0. The number of hydrogen-bond acceptors (Lipinski definition) is 3. The fraction of sp³-hybridized carbons (Fsp3) is 0.533. The predicted octanol–water partition coefficient (Wildman–Crippen LogP) is 2.54. The third-order valence-corrected chi connectivity index (χ3v) is 5.17. The Morgan fingerprint density at radius 3 is 3.10 bits per heavy atom. The standard InChI is InChI=1S/C15H20ClIN2O2/c1-10(20)19-5-4-15-12(9-18-6-7-21-15)11-2-3-14(17)13(16)8-11/h2-3,8,12,15,18H,4-7,9H2,1H3,(H,19,20)/t12-,15-/m0/s1. The SMILES string of the molecule is CC(=O)NCC[C@@H]1OCCNC[C@H]1c1ccc(I)c(Cl)c1. The molecule has 21 heavy (non-hydrogen) atoms. The second kappa shape index (κ2) is 8.31. The second-order valence-electron chi connectivity index (χ2n) is 5.17. The molecule has 2 rings (SSSR count). The molecule has 0 aromatic heterocycles. The molecule has 2 N–H and O–H groups in total. The molecule has 1 heterocycles. The van der Waals surface area contributed by atoms with E-state index in [1.54, 1.807) is 0 Å². The minimum absolute atomic E-state index is 0.00407. The number of ether oxygens (including phenoxy) is 1. The molecule has 1 aromatic rings. The van der Waals surface area contributed by atoms with Crippen molar-refractivity contribution in [2.45, 2.75) is 25.4 Å². The van der Waals surface area contributed by atoms with Crippen molar-refractivity contribution in [2.24, 2.45) is 0 Å². The number of carbonyl (C=O) groups excluding carboxylic acids is 1. The number of hydrogen-bond donors (Lipinski definition) is 2. The Balaban J connectivity index is 2.10. The van der Waals surface area contributed by atoms with Gasteiger partial charge in [-0.05, 0) is 46.7 Å². The highest BCUT2D eigenvalue weighted by molar-refractivity contribution is 14.1. The Kier molecular flexibility index (Phi) is 6.73. The molecule has 0 spiro atoms. The van der Waals surface area contributed by atoms with Gasteiger partial charge in [-0.1, -0.05) is 17.7 Å². The first-order valence-corrected chi connectivity index (χ1v) is 8.55. The van der Waals surface area contributed by atoms with Crippen molar-refractivity contribution >= 4 is 40.1 Å². The molecule has 0 saturated carbocycles. The maximum Gasteiger partial charge on any atom is 0.216 e. The molecule has 0 radical (unpaired) electrons. The zero-order valence-electron chi connectivity index (χ0n) is 12.0. The Bertz CT molecular complexity index is 499. The molecule has 0 bridgehead atoms. The van der Waals surface area contributed by atoms with Crippen molar-refractivity contribution in [3.8, 4) is 0 Å². The number of amides is 1. The van der Waals surface area contributed by atoms with E-state index in [1.807, 2.05) is 12.1 Å². The molecule has 0 unspecified atom stereocenters. The van der Waals surface area contributed by atoms with Crippen molar-refractivity contribution in [2.75, 3.05) is 26.2 Å². The highest BCUT2D eigenvalue weighted by Gasteiger charge is 2.26. The van der Waals surface area contributed by atoms with Crippen molar-refractivity contribution < 1.29 is 9.53 Å². The lowest BCUT2D eigenvalue weighted by Gasteiger charge is -2.25. The molecule has 1 aliphatic rings. The lowest BCUT2D eigenvalue weighted by molar-refractivity contribution is -0.119. The molecule has 1 saturated heterocycles. The normalized spacial score (nSPS) is 22.6. The molecule has 6 heteroatoms. The smallest absolute Gasteiger partial charge is 0.216 e. The minimum atomic E-state index is -0.00407. The molecule has 116 valence electrons. The predicted molar refractivity (Wildman–Crippen MR) is 92.8 cm³/mol. The van der Waals surface area contributed by atoms with Crippen LogP contribution in [0.15, 0.2) is 18.2 Å². The van der Waals surface area contributed by atoms with Crippen molar-refractivity contribution in [1.29, 1.82) is 0 Å². The Hall–Kier alpha value is -0.370. The first kappa shape index (κ1) is 17.0. The average molecular weight is 423 g/mol. The molecule has 1 amide bonds. The van der Waals surface area contributed by atoms with Crippen LogP contribution in [0.1, 0.15) is 24.8 Å². The molecule has 4 nitrogen and oxygen atoms in total. The van der Waals surface area contributed by atoms with Gasteiger partial charge in [-0.3, -0.25) is 4.79 Å². The van der Waals surface area contributed by atoms with Crippen LogP contribution in [0.25, 0.3) is 0 Å². The van der Waals surface area contributed by atoms with Gasteiger partial charge >= 0.3 is 0 Å². The summed E-state index contributed by atoms with van der Waals surface area (Å²) in [6.07, 6.45) is 0.887. The fourth-order valence-electron chi connectivity index (χ4n) is 2.54. The van der Waals surface area contributed by atoms with Gasteiger partial charge in [-0.25, -0.2) is 0 Å². The van der Waals surface area contributed by atoms with E-state index in [0.29, 0.717) is 13.2 Å². The summed E-state index contributed by atoms with van der Waals surface area (Å²) in [5.41, 5.74) is 1.18. The summed E-state index contributed by atoms with van der Waals surface area (Å²) in [4.78, 5) is 11.0. The largest absolute Gasteiger partial charge is 0.376 e. The van der Waals surface area contributed by atoms with Crippen LogP contribution in [0.4, 0.5) is 0 Å². The lowest BCUT2D eigenvalue weighted by atomic mass is 9.91. The van der Waals surface area contributed by atoms with Gasteiger partial charge in [0, 0.05) is 36.0 Å². The highest BCUT2D eigenvalue weighted by atomic mass is 127. The summed E-state index contributed by atoms with van der Waals surface area (Å²) in [6, 6.07) is 6.17. The number of nitrogens with one attached hydrogen (secondary N) is 2. The highest BCUT2D eigenvalue weighted by Crippen LogP contribution is 2.29. The van der Waals surface area contributed by atoms with Gasteiger partial charge in [0.15, 0.2) is 0 Å². The molecular weight excluding hydrogens is 403 g/mol. The zero-order valence-corrected chi connectivity index (χ0v) is 14.9. The molecule has 1 fully saturated rings. The fourth-order valence-corrected chi connectivity index (χ4v) is 3.06. The monoisotopic (exact) mass is 422 g/mol. The average Bonchev–Trinajstić information content (AvgIpc) is 2.67. The maximum atomic E-state index is 11.0. The Morgan fingerprint density at radius 1 is 1.57 bits per heavy atom. The summed E-state index contributed by atoms with van der Waals surface area (Å²) < 4.78 is 7.01. The minimum Gasteiger partial charge on any atom is -0.376 e. The van der Waals surface area contributed by atoms with E-state index in [9.17, 15) is 4.79 Å². The van der Waals surface area contributed by atoms with Gasteiger partial charge in [-0.2, -0.15) is 0 Å². The van der Waals surface area contributed by atoms with Gasteiger partial charge in [0.2, 0.25) is 5.91 Å². The van der Waals surface area contributed by atoms with Gasteiger partial charge in [0.05, 0.1) is 17.7 Å². The summed E-state index contributed by atoms with van der Waals surface area (Å²) >= 11 is 8.47. The van der Waals surface area contributed by atoms with E-state index in [-0.39, 0.29) is 17.9 Å². The Morgan fingerprint density at radius 2 is 2.38 bits per heavy atom. The topological polar surface area (TPSA) is 50.4 Å². The van der Waals surface area contributed by atoms with E-state index in [4.69, 9.17) is 16.3 Å². The van der Waals surface area contributed by atoms with Crippen molar-refractivity contribution in [3.63, 3.8) is 0 Å². The van der Waals surface area contributed by atoms with E-state index in [0.717, 1.165) is 28.1 Å². The molecule has 0 aliphatic carbocycles. The third-order valence-electron chi connectivity index (χ3n) is 3.60. The van der Waals surface area contributed by atoms with E-state index in [1.165, 1.54) is 12.5 Å².